The van der Waals surface area contributed by atoms with Crippen molar-refractivity contribution in [2.75, 3.05) is 26.2 Å². The summed E-state index contributed by atoms with van der Waals surface area (Å²) in [4.78, 5) is 6.77. The SMILES string of the molecule is CCCN(CC1CCNCC1)C(C)c1ccncc1. The molecule has 1 unspecified atom stereocenters. The number of rotatable bonds is 6. The molecule has 0 bridgehead atoms. The van der Waals surface area contributed by atoms with Gasteiger partial charge < -0.3 is 5.32 Å². The van der Waals surface area contributed by atoms with Crippen LogP contribution in [-0.2, 0) is 0 Å². The van der Waals surface area contributed by atoms with Gasteiger partial charge in [0.2, 0.25) is 0 Å². The van der Waals surface area contributed by atoms with E-state index < -0.39 is 0 Å². The molecule has 1 aliphatic heterocycles. The number of hydrogen-bond acceptors (Lipinski definition) is 3. The molecule has 2 heterocycles. The van der Waals surface area contributed by atoms with Crippen LogP contribution in [0.4, 0.5) is 0 Å². The van der Waals surface area contributed by atoms with E-state index in [9.17, 15) is 0 Å². The molecule has 0 spiro atoms. The molecule has 1 N–H and O–H groups in total. The molecular weight excluding hydrogens is 234 g/mol. The zero-order chi connectivity index (χ0) is 13.5. The summed E-state index contributed by atoms with van der Waals surface area (Å²) < 4.78 is 0. The Morgan fingerprint density at radius 1 is 1.32 bits per heavy atom. The van der Waals surface area contributed by atoms with Crippen molar-refractivity contribution < 1.29 is 0 Å². The summed E-state index contributed by atoms with van der Waals surface area (Å²) in [5.74, 6) is 0.858. The van der Waals surface area contributed by atoms with Gasteiger partial charge in [0.15, 0.2) is 0 Å². The Bertz CT molecular complexity index is 346. The Kier molecular flexibility index (Phi) is 5.80. The lowest BCUT2D eigenvalue weighted by atomic mass is 9.96. The van der Waals surface area contributed by atoms with E-state index in [0.29, 0.717) is 6.04 Å². The van der Waals surface area contributed by atoms with Crippen molar-refractivity contribution in [2.24, 2.45) is 5.92 Å². The fraction of sp³-hybridized carbons (Fsp3) is 0.688. The van der Waals surface area contributed by atoms with Crippen molar-refractivity contribution in [3.63, 3.8) is 0 Å². The summed E-state index contributed by atoms with van der Waals surface area (Å²) in [6.45, 7) is 9.40. The highest BCUT2D eigenvalue weighted by Gasteiger charge is 2.21. The molecule has 0 aliphatic carbocycles. The monoisotopic (exact) mass is 261 g/mol. The van der Waals surface area contributed by atoms with Crippen LogP contribution >= 0.6 is 0 Å². The third kappa shape index (κ3) is 4.29. The van der Waals surface area contributed by atoms with Gasteiger partial charge in [0.1, 0.15) is 0 Å². The van der Waals surface area contributed by atoms with Crippen molar-refractivity contribution in [3.8, 4) is 0 Å². The molecule has 1 fully saturated rings. The first-order valence-electron chi connectivity index (χ1n) is 7.66. The van der Waals surface area contributed by atoms with Crippen LogP contribution in [0.3, 0.4) is 0 Å². The standard InChI is InChI=1S/C16H27N3/c1-3-12-19(13-15-4-8-17-9-5-15)14(2)16-6-10-18-11-7-16/h6-7,10-11,14-15,17H,3-5,8-9,12-13H2,1-2H3. The van der Waals surface area contributed by atoms with E-state index in [2.05, 4.69) is 41.2 Å². The van der Waals surface area contributed by atoms with Crippen molar-refractivity contribution >= 4 is 0 Å². The maximum atomic E-state index is 4.12. The van der Waals surface area contributed by atoms with E-state index in [0.717, 1.165) is 5.92 Å². The molecule has 1 aromatic rings. The Morgan fingerprint density at radius 3 is 2.63 bits per heavy atom. The zero-order valence-corrected chi connectivity index (χ0v) is 12.3. The van der Waals surface area contributed by atoms with Gasteiger partial charge in [-0.2, -0.15) is 0 Å². The van der Waals surface area contributed by atoms with E-state index in [1.165, 1.54) is 51.0 Å². The largest absolute Gasteiger partial charge is 0.317 e. The van der Waals surface area contributed by atoms with E-state index >= 15 is 0 Å². The molecule has 106 valence electrons. The topological polar surface area (TPSA) is 28.2 Å². The van der Waals surface area contributed by atoms with E-state index in [1.54, 1.807) is 0 Å². The maximum Gasteiger partial charge on any atom is 0.0321 e. The lowest BCUT2D eigenvalue weighted by molar-refractivity contribution is 0.161. The average molecular weight is 261 g/mol. The Labute approximate surface area is 117 Å². The molecule has 0 aromatic carbocycles. The quantitative estimate of drug-likeness (QED) is 0.853. The molecule has 0 saturated carbocycles. The van der Waals surface area contributed by atoms with Crippen LogP contribution in [0.15, 0.2) is 24.5 Å². The van der Waals surface area contributed by atoms with Crippen LogP contribution in [0.2, 0.25) is 0 Å². The molecule has 2 rings (SSSR count). The molecule has 19 heavy (non-hydrogen) atoms. The van der Waals surface area contributed by atoms with Crippen molar-refractivity contribution in [1.29, 1.82) is 0 Å². The van der Waals surface area contributed by atoms with Gasteiger partial charge in [0.05, 0.1) is 0 Å². The number of aromatic nitrogens is 1. The fourth-order valence-corrected chi connectivity index (χ4v) is 2.98. The third-order valence-corrected chi connectivity index (χ3v) is 4.20. The summed E-state index contributed by atoms with van der Waals surface area (Å²) in [5.41, 5.74) is 1.39. The smallest absolute Gasteiger partial charge is 0.0321 e. The van der Waals surface area contributed by atoms with Crippen LogP contribution < -0.4 is 5.32 Å². The van der Waals surface area contributed by atoms with Gasteiger partial charge >= 0.3 is 0 Å². The Morgan fingerprint density at radius 2 is 2.00 bits per heavy atom. The van der Waals surface area contributed by atoms with E-state index in [1.807, 2.05) is 12.4 Å². The summed E-state index contributed by atoms with van der Waals surface area (Å²) in [7, 11) is 0. The third-order valence-electron chi connectivity index (χ3n) is 4.20. The number of piperidine rings is 1. The summed E-state index contributed by atoms with van der Waals surface area (Å²) >= 11 is 0. The Balaban J connectivity index is 1.97. The predicted molar refractivity (Wildman–Crippen MR) is 80.1 cm³/mol. The minimum Gasteiger partial charge on any atom is -0.317 e. The second kappa shape index (κ2) is 7.61. The first kappa shape index (κ1) is 14.5. The second-order valence-electron chi connectivity index (χ2n) is 5.64. The normalized spacial score (nSPS) is 18.7. The lowest BCUT2D eigenvalue weighted by Gasteiger charge is -2.34. The van der Waals surface area contributed by atoms with E-state index in [-0.39, 0.29) is 0 Å². The minimum absolute atomic E-state index is 0.498. The van der Waals surface area contributed by atoms with Crippen molar-refractivity contribution in [1.82, 2.24) is 15.2 Å². The van der Waals surface area contributed by atoms with Crippen molar-refractivity contribution in [2.45, 2.75) is 39.2 Å². The number of pyridine rings is 1. The molecule has 0 amide bonds. The minimum atomic E-state index is 0.498. The molecular formula is C16H27N3. The molecule has 1 saturated heterocycles. The number of hydrogen-bond donors (Lipinski definition) is 1. The summed E-state index contributed by atoms with van der Waals surface area (Å²) in [6.07, 6.45) is 7.67. The molecule has 0 radical (unpaired) electrons. The van der Waals surface area contributed by atoms with Crippen LogP contribution in [0.1, 0.15) is 44.7 Å². The molecule has 1 aliphatic rings. The average Bonchev–Trinajstić information content (AvgIpc) is 2.48. The van der Waals surface area contributed by atoms with Gasteiger partial charge in [-0.3, -0.25) is 9.88 Å². The highest BCUT2D eigenvalue weighted by Crippen LogP contribution is 2.23. The zero-order valence-electron chi connectivity index (χ0n) is 12.3. The lowest BCUT2D eigenvalue weighted by Crippen LogP contribution is -2.37. The maximum absolute atomic E-state index is 4.12. The number of nitrogens with zero attached hydrogens (tertiary/aromatic N) is 2. The highest BCUT2D eigenvalue weighted by atomic mass is 15.2. The van der Waals surface area contributed by atoms with Crippen LogP contribution in [0.5, 0.6) is 0 Å². The molecule has 1 aromatic heterocycles. The molecule has 1 atom stereocenters. The van der Waals surface area contributed by atoms with Gasteiger partial charge in [-0.15, -0.1) is 0 Å². The molecule has 3 heteroatoms. The summed E-state index contributed by atoms with van der Waals surface area (Å²) in [5, 5.41) is 3.45. The van der Waals surface area contributed by atoms with E-state index in [4.69, 9.17) is 0 Å². The van der Waals surface area contributed by atoms with Crippen LogP contribution in [-0.4, -0.2) is 36.1 Å². The van der Waals surface area contributed by atoms with Gasteiger partial charge in [-0.25, -0.2) is 0 Å². The molecule has 3 nitrogen and oxygen atoms in total. The Hall–Kier alpha value is -0.930. The first-order valence-corrected chi connectivity index (χ1v) is 7.66. The predicted octanol–water partition coefficient (Wildman–Crippen LogP) is 2.85. The van der Waals surface area contributed by atoms with Gasteiger partial charge in [0.25, 0.3) is 0 Å². The van der Waals surface area contributed by atoms with Gasteiger partial charge in [0, 0.05) is 25.0 Å². The van der Waals surface area contributed by atoms with Gasteiger partial charge in [-0.1, -0.05) is 6.92 Å². The summed E-state index contributed by atoms with van der Waals surface area (Å²) in [6, 6.07) is 4.80. The highest BCUT2D eigenvalue weighted by molar-refractivity contribution is 5.14. The van der Waals surface area contributed by atoms with Crippen LogP contribution in [0, 0.1) is 5.92 Å². The second-order valence-corrected chi connectivity index (χ2v) is 5.64. The number of nitrogens with one attached hydrogen (secondary N) is 1. The van der Waals surface area contributed by atoms with Crippen LogP contribution in [0.25, 0.3) is 0 Å². The van der Waals surface area contributed by atoms with Gasteiger partial charge in [-0.05, 0) is 69.4 Å². The first-order chi connectivity index (χ1) is 9.31. The fourth-order valence-electron chi connectivity index (χ4n) is 2.98. The van der Waals surface area contributed by atoms with Crippen molar-refractivity contribution in [3.05, 3.63) is 30.1 Å².